The van der Waals surface area contributed by atoms with Crippen LogP contribution in [0.15, 0.2) is 11.5 Å². The van der Waals surface area contributed by atoms with Crippen molar-refractivity contribution < 1.29 is 0 Å². The van der Waals surface area contributed by atoms with Gasteiger partial charge in [-0.2, -0.15) is 5.10 Å². The second kappa shape index (κ2) is 6.03. The number of hydrogen-bond acceptors (Lipinski definition) is 4. The SMILES string of the molecule is CCC(C)NCC(C)Sc1ncn[nH]1. The Bertz CT molecular complexity index is 237. The number of aromatic nitrogens is 3. The fourth-order valence-corrected chi connectivity index (χ4v) is 1.77. The fourth-order valence-electron chi connectivity index (χ4n) is 0.995. The third-order valence-electron chi connectivity index (χ3n) is 2.07. The first-order valence-corrected chi connectivity index (χ1v) is 5.85. The summed E-state index contributed by atoms with van der Waals surface area (Å²) in [4.78, 5) is 4.07. The highest BCUT2D eigenvalue weighted by Gasteiger charge is 2.07. The molecule has 0 saturated heterocycles. The second-order valence-electron chi connectivity index (χ2n) is 3.44. The summed E-state index contributed by atoms with van der Waals surface area (Å²) in [5.41, 5.74) is 0. The zero-order valence-corrected chi connectivity index (χ0v) is 9.77. The minimum Gasteiger partial charge on any atom is -0.313 e. The smallest absolute Gasteiger partial charge is 0.183 e. The second-order valence-corrected chi connectivity index (χ2v) is 4.86. The van der Waals surface area contributed by atoms with Gasteiger partial charge in [-0.3, -0.25) is 5.10 Å². The molecule has 1 aromatic heterocycles. The highest BCUT2D eigenvalue weighted by atomic mass is 32.2. The molecule has 2 atom stereocenters. The molecule has 4 nitrogen and oxygen atoms in total. The van der Waals surface area contributed by atoms with Crippen molar-refractivity contribution in [3.63, 3.8) is 0 Å². The van der Waals surface area contributed by atoms with Crippen molar-refractivity contribution in [2.24, 2.45) is 0 Å². The van der Waals surface area contributed by atoms with E-state index in [2.05, 4.69) is 41.3 Å². The fraction of sp³-hybridized carbons (Fsp3) is 0.778. The van der Waals surface area contributed by atoms with E-state index in [0.29, 0.717) is 11.3 Å². The van der Waals surface area contributed by atoms with E-state index in [4.69, 9.17) is 0 Å². The summed E-state index contributed by atoms with van der Waals surface area (Å²) >= 11 is 1.71. The van der Waals surface area contributed by atoms with Gasteiger partial charge in [-0.25, -0.2) is 4.98 Å². The molecule has 5 heteroatoms. The number of nitrogens with zero attached hydrogens (tertiary/aromatic N) is 2. The molecule has 14 heavy (non-hydrogen) atoms. The maximum absolute atomic E-state index is 4.07. The maximum atomic E-state index is 4.07. The molecule has 0 aromatic carbocycles. The van der Waals surface area contributed by atoms with Gasteiger partial charge in [0.25, 0.3) is 0 Å². The van der Waals surface area contributed by atoms with Crippen LogP contribution in [-0.4, -0.2) is 33.0 Å². The zero-order valence-electron chi connectivity index (χ0n) is 8.95. The van der Waals surface area contributed by atoms with Crippen molar-refractivity contribution >= 4 is 11.8 Å². The van der Waals surface area contributed by atoms with Crippen molar-refractivity contribution in [2.75, 3.05) is 6.54 Å². The summed E-state index contributed by atoms with van der Waals surface area (Å²) in [5, 5.41) is 11.5. The maximum Gasteiger partial charge on any atom is 0.183 e. The van der Waals surface area contributed by atoms with Crippen molar-refractivity contribution in [3.8, 4) is 0 Å². The molecule has 0 aliphatic carbocycles. The molecule has 0 fully saturated rings. The Labute approximate surface area is 89.3 Å². The molecule has 0 saturated carbocycles. The van der Waals surface area contributed by atoms with Gasteiger partial charge in [0.15, 0.2) is 5.16 Å². The number of rotatable bonds is 6. The lowest BCUT2D eigenvalue weighted by Crippen LogP contribution is -2.30. The van der Waals surface area contributed by atoms with Crippen molar-refractivity contribution in [3.05, 3.63) is 6.33 Å². The molecule has 1 heterocycles. The minimum absolute atomic E-state index is 0.511. The van der Waals surface area contributed by atoms with E-state index < -0.39 is 0 Å². The van der Waals surface area contributed by atoms with Crippen LogP contribution in [0.4, 0.5) is 0 Å². The van der Waals surface area contributed by atoms with Crippen molar-refractivity contribution in [1.29, 1.82) is 0 Å². The first kappa shape index (κ1) is 11.5. The highest BCUT2D eigenvalue weighted by molar-refractivity contribution is 7.99. The van der Waals surface area contributed by atoms with E-state index in [9.17, 15) is 0 Å². The van der Waals surface area contributed by atoms with Gasteiger partial charge in [0, 0.05) is 17.8 Å². The molecule has 0 aliphatic rings. The van der Waals surface area contributed by atoms with Crippen LogP contribution < -0.4 is 5.32 Å². The van der Waals surface area contributed by atoms with Crippen LogP contribution in [-0.2, 0) is 0 Å². The number of nitrogens with one attached hydrogen (secondary N) is 2. The number of aromatic amines is 1. The lowest BCUT2D eigenvalue weighted by Gasteiger charge is -2.14. The largest absolute Gasteiger partial charge is 0.313 e. The molecule has 0 aliphatic heterocycles. The predicted molar refractivity (Wildman–Crippen MR) is 59.5 cm³/mol. The van der Waals surface area contributed by atoms with Crippen LogP contribution in [0.2, 0.25) is 0 Å². The van der Waals surface area contributed by atoms with Gasteiger partial charge in [0.05, 0.1) is 0 Å². The standard InChI is InChI=1S/C9H18N4S/c1-4-7(2)10-5-8(3)14-9-11-6-12-13-9/h6-8,10H,4-5H2,1-3H3,(H,11,12,13). The van der Waals surface area contributed by atoms with Gasteiger partial charge in [-0.15, -0.1) is 0 Å². The molecule has 0 amide bonds. The molecule has 2 unspecified atom stereocenters. The molecule has 1 rings (SSSR count). The zero-order chi connectivity index (χ0) is 10.4. The summed E-state index contributed by atoms with van der Waals surface area (Å²) in [5.74, 6) is 0. The van der Waals surface area contributed by atoms with E-state index in [1.54, 1.807) is 11.8 Å². The monoisotopic (exact) mass is 214 g/mol. The average Bonchev–Trinajstić information content (AvgIpc) is 2.66. The van der Waals surface area contributed by atoms with E-state index in [1.807, 2.05) is 0 Å². The Balaban J connectivity index is 2.19. The van der Waals surface area contributed by atoms with Gasteiger partial charge in [0.2, 0.25) is 0 Å². The quantitative estimate of drug-likeness (QED) is 0.707. The normalized spacial score (nSPS) is 15.4. The third-order valence-corrected chi connectivity index (χ3v) is 3.06. The molecule has 0 radical (unpaired) electrons. The highest BCUT2D eigenvalue weighted by Crippen LogP contribution is 2.17. The predicted octanol–water partition coefficient (Wildman–Crippen LogP) is 1.67. The summed E-state index contributed by atoms with van der Waals surface area (Å²) < 4.78 is 0. The third kappa shape index (κ3) is 4.11. The van der Waals surface area contributed by atoms with Gasteiger partial charge >= 0.3 is 0 Å². The van der Waals surface area contributed by atoms with Gasteiger partial charge in [0.1, 0.15) is 6.33 Å². The molecule has 1 aromatic rings. The molecule has 0 spiro atoms. The average molecular weight is 214 g/mol. The Morgan fingerprint density at radius 3 is 2.93 bits per heavy atom. The first-order chi connectivity index (χ1) is 6.72. The topological polar surface area (TPSA) is 53.6 Å². The van der Waals surface area contributed by atoms with Gasteiger partial charge in [-0.05, 0) is 13.3 Å². The number of hydrogen-bond donors (Lipinski definition) is 2. The molecule has 80 valence electrons. The molecular formula is C9H18N4S. The molecular weight excluding hydrogens is 196 g/mol. The lowest BCUT2D eigenvalue weighted by molar-refractivity contribution is 0.536. The summed E-state index contributed by atoms with van der Waals surface area (Å²) in [7, 11) is 0. The van der Waals surface area contributed by atoms with E-state index in [-0.39, 0.29) is 0 Å². The summed E-state index contributed by atoms with van der Waals surface area (Å²) in [6.07, 6.45) is 2.71. The molecule has 0 bridgehead atoms. The van der Waals surface area contributed by atoms with Crippen LogP contribution in [0, 0.1) is 0 Å². The van der Waals surface area contributed by atoms with Crippen molar-refractivity contribution in [2.45, 2.75) is 43.6 Å². The lowest BCUT2D eigenvalue weighted by atomic mass is 10.2. The number of H-pyrrole nitrogens is 1. The summed E-state index contributed by atoms with van der Waals surface area (Å²) in [6, 6.07) is 0.591. The Hall–Kier alpha value is -0.550. The van der Waals surface area contributed by atoms with E-state index in [1.165, 1.54) is 12.7 Å². The van der Waals surface area contributed by atoms with E-state index >= 15 is 0 Å². The van der Waals surface area contributed by atoms with Crippen LogP contribution in [0.3, 0.4) is 0 Å². The van der Waals surface area contributed by atoms with Crippen LogP contribution in [0.1, 0.15) is 27.2 Å². The molecule has 2 N–H and O–H groups in total. The Kier molecular flexibility index (Phi) is 4.97. The summed E-state index contributed by atoms with van der Waals surface area (Å²) in [6.45, 7) is 7.57. The first-order valence-electron chi connectivity index (χ1n) is 4.97. The Morgan fingerprint density at radius 2 is 2.36 bits per heavy atom. The van der Waals surface area contributed by atoms with Crippen LogP contribution in [0.5, 0.6) is 0 Å². The van der Waals surface area contributed by atoms with E-state index in [0.717, 1.165) is 11.7 Å². The van der Waals surface area contributed by atoms with Crippen molar-refractivity contribution in [1.82, 2.24) is 20.5 Å². The van der Waals surface area contributed by atoms with Crippen LogP contribution in [0.25, 0.3) is 0 Å². The minimum atomic E-state index is 0.511. The van der Waals surface area contributed by atoms with Crippen LogP contribution >= 0.6 is 11.8 Å². The van der Waals surface area contributed by atoms with Gasteiger partial charge < -0.3 is 5.32 Å². The number of thioether (sulfide) groups is 1. The Morgan fingerprint density at radius 1 is 1.57 bits per heavy atom. The van der Waals surface area contributed by atoms with Gasteiger partial charge in [-0.1, -0.05) is 25.6 Å².